The highest BCUT2D eigenvalue weighted by molar-refractivity contribution is 6.33. The Hall–Kier alpha value is -1.02. The first-order chi connectivity index (χ1) is 10.8. The second kappa shape index (κ2) is 7.07. The van der Waals surface area contributed by atoms with Crippen molar-refractivity contribution in [1.29, 1.82) is 0 Å². The van der Waals surface area contributed by atoms with Crippen molar-refractivity contribution in [3.05, 3.63) is 28.8 Å². The summed E-state index contributed by atoms with van der Waals surface area (Å²) in [6.07, 6.45) is -4.46. The van der Waals surface area contributed by atoms with Gasteiger partial charge >= 0.3 is 6.18 Å². The third-order valence-electron chi connectivity index (χ3n) is 4.72. The second-order valence-electron chi connectivity index (χ2n) is 6.25. The van der Waals surface area contributed by atoms with E-state index in [1.807, 2.05) is 0 Å². The van der Waals surface area contributed by atoms with Gasteiger partial charge in [-0.15, -0.1) is 0 Å². The fraction of sp³-hybridized carbons (Fsp3) is 0.533. The zero-order valence-corrected chi connectivity index (χ0v) is 14.4. The van der Waals surface area contributed by atoms with E-state index in [1.165, 1.54) is 0 Å². The standard InChI is InChI=1S/C15H17ClF3N3O.ClH/c16-12-2-1-11(15(17,18)19)9-13(12)20-14(23)10-22-6-3-21(4-7-22)5-8-22;/h1-2,9H,3-8,10H2;1H. The Morgan fingerprint density at radius 1 is 1.21 bits per heavy atom. The quantitative estimate of drug-likeness (QED) is 0.710. The first-order valence-electron chi connectivity index (χ1n) is 7.52. The minimum absolute atomic E-state index is 0. The lowest BCUT2D eigenvalue weighted by Gasteiger charge is -2.50. The molecule has 0 unspecified atom stereocenters. The molecule has 1 aromatic carbocycles. The molecule has 0 aliphatic carbocycles. The number of quaternary nitrogens is 1. The molecule has 4 nitrogen and oxygen atoms in total. The summed E-state index contributed by atoms with van der Waals surface area (Å²) >= 11 is 5.92. The van der Waals surface area contributed by atoms with E-state index < -0.39 is 11.7 Å². The van der Waals surface area contributed by atoms with Crippen LogP contribution in [-0.4, -0.2) is 61.1 Å². The fourth-order valence-electron chi connectivity index (χ4n) is 3.26. The number of piperazine rings is 3. The summed E-state index contributed by atoms with van der Waals surface area (Å²) in [5.41, 5.74) is -0.809. The highest BCUT2D eigenvalue weighted by Gasteiger charge is 2.40. The highest BCUT2D eigenvalue weighted by Crippen LogP contribution is 2.34. The third-order valence-corrected chi connectivity index (χ3v) is 5.05. The Balaban J connectivity index is 0.00000208. The number of hydrogen-bond donors (Lipinski definition) is 1. The molecule has 134 valence electrons. The number of amides is 1. The van der Waals surface area contributed by atoms with Crippen molar-refractivity contribution in [2.24, 2.45) is 0 Å². The van der Waals surface area contributed by atoms with Crippen molar-refractivity contribution in [3.63, 3.8) is 0 Å². The number of benzene rings is 1. The van der Waals surface area contributed by atoms with Crippen molar-refractivity contribution >= 4 is 23.2 Å². The molecule has 0 aromatic heterocycles. The fourth-order valence-corrected chi connectivity index (χ4v) is 3.43. The lowest BCUT2D eigenvalue weighted by Crippen LogP contribution is -3.00. The van der Waals surface area contributed by atoms with Crippen LogP contribution in [-0.2, 0) is 11.0 Å². The van der Waals surface area contributed by atoms with Gasteiger partial charge in [0.15, 0.2) is 6.54 Å². The van der Waals surface area contributed by atoms with Gasteiger partial charge in [-0.25, -0.2) is 0 Å². The molecule has 3 aliphatic rings. The smallest absolute Gasteiger partial charge is 0.416 e. The van der Waals surface area contributed by atoms with Crippen molar-refractivity contribution in [2.75, 3.05) is 51.1 Å². The Labute approximate surface area is 149 Å². The maximum atomic E-state index is 12.8. The van der Waals surface area contributed by atoms with E-state index in [0.29, 0.717) is 4.48 Å². The Morgan fingerprint density at radius 3 is 2.33 bits per heavy atom. The van der Waals surface area contributed by atoms with Crippen LogP contribution in [0.5, 0.6) is 0 Å². The predicted octanol–water partition coefficient (Wildman–Crippen LogP) is -0.553. The highest BCUT2D eigenvalue weighted by atomic mass is 35.5. The topological polar surface area (TPSA) is 32.3 Å². The molecule has 3 aliphatic heterocycles. The number of fused-ring (bicyclic) bond motifs is 3. The number of hydrogen-bond acceptors (Lipinski definition) is 2. The molecular weight excluding hydrogens is 366 g/mol. The van der Waals surface area contributed by atoms with Crippen molar-refractivity contribution in [1.82, 2.24) is 4.90 Å². The van der Waals surface area contributed by atoms with Crippen molar-refractivity contribution < 1.29 is 34.9 Å². The molecular formula is C15H18Cl2F3N3O. The molecule has 1 N–H and O–H groups in total. The number of nitrogens with one attached hydrogen (secondary N) is 1. The summed E-state index contributed by atoms with van der Waals surface area (Å²) < 4.78 is 39.0. The largest absolute Gasteiger partial charge is 1.00 e. The van der Waals surface area contributed by atoms with E-state index in [1.54, 1.807) is 0 Å². The number of carbonyl (C=O) groups is 1. The molecule has 9 heteroatoms. The molecule has 1 amide bonds. The Morgan fingerprint density at radius 2 is 1.79 bits per heavy atom. The molecule has 3 fully saturated rings. The van der Waals surface area contributed by atoms with Gasteiger partial charge in [0.25, 0.3) is 5.91 Å². The molecule has 0 atom stereocenters. The van der Waals surface area contributed by atoms with Crippen LogP contribution in [0.25, 0.3) is 0 Å². The molecule has 1 aromatic rings. The first-order valence-corrected chi connectivity index (χ1v) is 7.89. The monoisotopic (exact) mass is 383 g/mol. The maximum Gasteiger partial charge on any atom is 0.416 e. The summed E-state index contributed by atoms with van der Waals surface area (Å²) in [7, 11) is 0. The molecule has 0 radical (unpaired) electrons. The van der Waals surface area contributed by atoms with Gasteiger partial charge in [-0.1, -0.05) is 11.6 Å². The summed E-state index contributed by atoms with van der Waals surface area (Å²) in [6.45, 7) is 5.91. The number of halogens is 5. The molecule has 4 rings (SSSR count). The average molecular weight is 384 g/mol. The van der Waals surface area contributed by atoms with Gasteiger partial charge in [0.05, 0.1) is 35.9 Å². The SMILES string of the molecule is O=C(C[N+]12CCN(CC1)CC2)Nc1cc(C(F)(F)F)ccc1Cl.[Cl-]. The zero-order valence-electron chi connectivity index (χ0n) is 12.9. The first kappa shape index (κ1) is 19.3. The van der Waals surface area contributed by atoms with Crippen LogP contribution in [0, 0.1) is 0 Å². The van der Waals surface area contributed by atoms with Crippen LogP contribution in [0.3, 0.4) is 0 Å². The van der Waals surface area contributed by atoms with Crippen LogP contribution in [0.4, 0.5) is 18.9 Å². The maximum absolute atomic E-state index is 12.8. The second-order valence-corrected chi connectivity index (χ2v) is 6.66. The van der Waals surface area contributed by atoms with Crippen LogP contribution in [0.1, 0.15) is 5.56 Å². The Kier molecular flexibility index (Phi) is 5.69. The molecule has 0 saturated carbocycles. The van der Waals surface area contributed by atoms with E-state index in [2.05, 4.69) is 10.2 Å². The van der Waals surface area contributed by atoms with E-state index in [0.717, 1.165) is 57.5 Å². The van der Waals surface area contributed by atoms with Gasteiger partial charge in [-0.3, -0.25) is 9.69 Å². The minimum Gasteiger partial charge on any atom is -1.00 e. The molecule has 2 bridgehead atoms. The lowest BCUT2D eigenvalue weighted by atomic mass is 10.1. The summed E-state index contributed by atoms with van der Waals surface area (Å²) in [5, 5.41) is 2.65. The molecule has 0 spiro atoms. The van der Waals surface area contributed by atoms with Crippen LogP contribution in [0.15, 0.2) is 18.2 Å². The van der Waals surface area contributed by atoms with E-state index in [4.69, 9.17) is 11.6 Å². The van der Waals surface area contributed by atoms with E-state index in [9.17, 15) is 18.0 Å². The van der Waals surface area contributed by atoms with Gasteiger partial charge in [0.1, 0.15) is 0 Å². The predicted molar refractivity (Wildman–Crippen MR) is 81.3 cm³/mol. The number of nitrogens with zero attached hydrogens (tertiary/aromatic N) is 2. The van der Waals surface area contributed by atoms with Gasteiger partial charge in [0.2, 0.25) is 0 Å². The number of rotatable bonds is 3. The number of anilines is 1. The van der Waals surface area contributed by atoms with Gasteiger partial charge in [-0.05, 0) is 18.2 Å². The lowest BCUT2D eigenvalue weighted by molar-refractivity contribution is -0.933. The molecule has 24 heavy (non-hydrogen) atoms. The van der Waals surface area contributed by atoms with E-state index >= 15 is 0 Å². The molecule has 3 heterocycles. The van der Waals surface area contributed by atoms with Crippen LogP contribution in [0.2, 0.25) is 5.02 Å². The Bertz CT molecular complexity index is 603. The van der Waals surface area contributed by atoms with Crippen LogP contribution >= 0.6 is 11.6 Å². The summed E-state index contributed by atoms with van der Waals surface area (Å²) in [4.78, 5) is 14.7. The average Bonchev–Trinajstić information content (AvgIpc) is 2.49. The zero-order chi connectivity index (χ0) is 16.7. The third kappa shape index (κ3) is 4.14. The molecule has 3 saturated heterocycles. The normalized spacial score (nSPS) is 25.9. The van der Waals surface area contributed by atoms with Crippen LogP contribution < -0.4 is 17.7 Å². The van der Waals surface area contributed by atoms with Crippen molar-refractivity contribution in [2.45, 2.75) is 6.18 Å². The van der Waals surface area contributed by atoms with E-state index in [-0.39, 0.29) is 35.6 Å². The number of carbonyl (C=O) groups excluding carboxylic acids is 1. The van der Waals surface area contributed by atoms with Gasteiger partial charge in [-0.2, -0.15) is 13.2 Å². The van der Waals surface area contributed by atoms with Gasteiger partial charge in [0, 0.05) is 19.6 Å². The summed E-state index contributed by atoms with van der Waals surface area (Å²) in [5.74, 6) is -0.290. The van der Waals surface area contributed by atoms with Crippen molar-refractivity contribution in [3.8, 4) is 0 Å². The number of alkyl halides is 3. The summed E-state index contributed by atoms with van der Waals surface area (Å²) in [6, 6.07) is 2.95. The minimum atomic E-state index is -4.46. The van der Waals surface area contributed by atoms with Gasteiger partial charge < -0.3 is 22.2 Å².